The third-order valence-corrected chi connectivity index (χ3v) is 14.0. The average molecular weight is 1040 g/mol. The highest BCUT2D eigenvalue weighted by atomic mass is 32.2. The second kappa shape index (κ2) is 26.0. The lowest BCUT2D eigenvalue weighted by Gasteiger charge is -2.38. The zero-order valence-electron chi connectivity index (χ0n) is 43.4. The molecule has 3 aromatic rings. The Hall–Kier alpha value is -5.69. The number of nitro groups is 1. The van der Waals surface area contributed by atoms with Crippen LogP contribution in [-0.4, -0.2) is 144 Å². The SMILES string of the molecule is C=C(SC(CC)(CC)NCCC)c1ccc(C(=O)NCC(C)(C)COCC(C)(C)Cn2cc(CC(OC(=O)N(C)[C@H](C(N)=O)C(C)C)c3ccc(OC4OC(C(=O)O)C(O)C(O)C4O)c([N+](=O)[O-])c3)nn2)cc1. The second-order valence-corrected chi connectivity index (χ2v) is 21.7. The van der Waals surface area contributed by atoms with Crippen LogP contribution in [0.5, 0.6) is 5.75 Å². The minimum absolute atomic E-state index is 0.0619. The van der Waals surface area contributed by atoms with Crippen molar-refractivity contribution in [1.29, 1.82) is 0 Å². The maximum atomic E-state index is 13.6. The van der Waals surface area contributed by atoms with Gasteiger partial charge in [0.25, 0.3) is 5.91 Å². The first-order valence-electron chi connectivity index (χ1n) is 24.3. The van der Waals surface area contributed by atoms with Gasteiger partial charge in [-0.2, -0.15) is 0 Å². The summed E-state index contributed by atoms with van der Waals surface area (Å²) in [6, 6.07) is 9.83. The maximum Gasteiger partial charge on any atom is 0.410 e. The zero-order chi connectivity index (χ0) is 54.6. The van der Waals surface area contributed by atoms with Gasteiger partial charge in [0.05, 0.1) is 28.7 Å². The lowest BCUT2D eigenvalue weighted by molar-refractivity contribution is -0.387. The predicted octanol–water partition coefficient (Wildman–Crippen LogP) is 5.04. The molecule has 1 aromatic heterocycles. The van der Waals surface area contributed by atoms with Crippen LogP contribution in [0.3, 0.4) is 0 Å². The number of aliphatic carboxylic acids is 1. The van der Waals surface area contributed by atoms with Crippen molar-refractivity contribution in [2.24, 2.45) is 22.5 Å². The topological polar surface area (TPSA) is 313 Å². The van der Waals surface area contributed by atoms with E-state index in [9.17, 15) is 49.7 Å². The number of benzene rings is 2. The third-order valence-electron chi connectivity index (χ3n) is 12.4. The number of likely N-dealkylation sites (N-methyl/N-ethyl adjacent to an activating group) is 1. The standard InChI is InChI=1S/C50H74N8O14S/c1-12-21-53-50(13-2,14-3)73-30(6)31-15-17-32(18-16-31)44(63)52-25-48(7,8)27-69-28-49(9,10)26-57-24-34(54-55-57)23-37(71-47(66)56(11)38(29(4)5)43(51)62)33-19-20-36(35(22-33)58(67)68)70-46-41(61)39(59)40(60)42(72-46)45(64)65/h15-20,22,24,29,37-42,46,53,59-61H,6,12-14,21,23,25-28H2,1-5,7-11H3,(H2,51,62)(H,52,63)(H,64,65)/t37?,38-,39?,40?,41?,42?,46?/m0/s1. The molecule has 0 spiro atoms. The molecular formula is C50H74N8O14S. The van der Waals surface area contributed by atoms with Crippen LogP contribution in [0.2, 0.25) is 0 Å². The number of nitrogens with zero attached hydrogens (tertiary/aromatic N) is 5. The number of thioether (sulfide) groups is 1. The number of nitro benzene ring substituents is 1. The van der Waals surface area contributed by atoms with Crippen LogP contribution < -0.4 is 21.1 Å². The summed E-state index contributed by atoms with van der Waals surface area (Å²) in [7, 11) is 1.32. The highest BCUT2D eigenvalue weighted by Gasteiger charge is 2.48. The van der Waals surface area contributed by atoms with Gasteiger partial charge in [-0.05, 0) is 61.1 Å². The van der Waals surface area contributed by atoms with Crippen molar-refractivity contribution in [3.05, 3.63) is 87.7 Å². The van der Waals surface area contributed by atoms with Crippen molar-refractivity contribution in [2.75, 3.05) is 33.4 Å². The molecule has 0 saturated carbocycles. The van der Waals surface area contributed by atoms with Crippen LogP contribution in [-0.2, 0) is 36.8 Å². The molecule has 1 saturated heterocycles. The van der Waals surface area contributed by atoms with Crippen LogP contribution in [0, 0.1) is 26.9 Å². The van der Waals surface area contributed by atoms with E-state index in [2.05, 4.69) is 48.3 Å². The second-order valence-electron chi connectivity index (χ2n) is 20.3. The van der Waals surface area contributed by atoms with Crippen LogP contribution in [0.25, 0.3) is 4.91 Å². The Morgan fingerprint density at radius 2 is 1.62 bits per heavy atom. The first-order valence-corrected chi connectivity index (χ1v) is 25.1. The van der Waals surface area contributed by atoms with E-state index in [1.165, 1.54) is 13.1 Å². The van der Waals surface area contributed by atoms with Gasteiger partial charge in [0.15, 0.2) is 11.9 Å². The van der Waals surface area contributed by atoms with Crippen LogP contribution in [0.15, 0.2) is 55.2 Å². The van der Waals surface area contributed by atoms with Crippen LogP contribution in [0.4, 0.5) is 10.5 Å². The highest BCUT2D eigenvalue weighted by molar-refractivity contribution is 8.09. The predicted molar refractivity (Wildman–Crippen MR) is 272 cm³/mol. The number of hydrogen-bond donors (Lipinski definition) is 7. The maximum absolute atomic E-state index is 13.6. The van der Waals surface area contributed by atoms with E-state index >= 15 is 0 Å². The number of carboxylic acid groups (broad SMARTS) is 1. The molecule has 8 N–H and O–H groups in total. The fraction of sp³-hybridized carbons (Fsp3) is 0.600. The molecule has 23 heteroatoms. The van der Waals surface area contributed by atoms with Gasteiger partial charge in [0.1, 0.15) is 30.5 Å². The number of nitrogens with two attached hydrogens (primary N) is 1. The van der Waals surface area contributed by atoms with Crippen LogP contribution >= 0.6 is 11.8 Å². The lowest BCUT2D eigenvalue weighted by atomic mass is 9.93. The Labute approximate surface area is 430 Å². The smallest absolute Gasteiger partial charge is 0.410 e. The van der Waals surface area contributed by atoms with Crippen molar-refractivity contribution < 1.29 is 63.5 Å². The number of carboxylic acids is 1. The van der Waals surface area contributed by atoms with E-state index in [1.54, 1.807) is 48.6 Å². The van der Waals surface area contributed by atoms with E-state index in [0.29, 0.717) is 37.6 Å². The minimum atomic E-state index is -2.04. The van der Waals surface area contributed by atoms with Crippen molar-refractivity contribution in [3.63, 3.8) is 0 Å². The van der Waals surface area contributed by atoms with E-state index < -0.39 is 93.9 Å². The number of rotatable bonds is 28. The molecule has 3 amide bonds. The fourth-order valence-corrected chi connectivity index (χ4v) is 9.35. The molecule has 0 aliphatic carbocycles. The molecule has 0 radical (unpaired) electrons. The van der Waals surface area contributed by atoms with E-state index in [1.807, 2.05) is 39.8 Å². The van der Waals surface area contributed by atoms with Gasteiger partial charge in [0.2, 0.25) is 12.2 Å². The number of ether oxygens (including phenoxy) is 4. The molecule has 7 atom stereocenters. The summed E-state index contributed by atoms with van der Waals surface area (Å²) in [6.45, 7) is 24.3. The lowest BCUT2D eigenvalue weighted by Crippen LogP contribution is -2.61. The third kappa shape index (κ3) is 16.4. The highest BCUT2D eigenvalue weighted by Crippen LogP contribution is 2.40. The molecule has 73 heavy (non-hydrogen) atoms. The Kier molecular flexibility index (Phi) is 21.3. The van der Waals surface area contributed by atoms with Crippen molar-refractivity contribution >= 4 is 46.2 Å². The van der Waals surface area contributed by atoms with E-state index in [-0.39, 0.29) is 22.8 Å². The van der Waals surface area contributed by atoms with Crippen LogP contribution in [0.1, 0.15) is 115 Å². The van der Waals surface area contributed by atoms with E-state index in [0.717, 1.165) is 53.3 Å². The summed E-state index contributed by atoms with van der Waals surface area (Å²) in [5.74, 6) is -3.60. The molecule has 404 valence electrons. The van der Waals surface area contributed by atoms with Gasteiger partial charge < -0.3 is 55.7 Å². The van der Waals surface area contributed by atoms with Gasteiger partial charge in [-0.3, -0.25) is 29.3 Å². The van der Waals surface area contributed by atoms with Gasteiger partial charge >= 0.3 is 17.7 Å². The summed E-state index contributed by atoms with van der Waals surface area (Å²) < 4.78 is 24.3. The van der Waals surface area contributed by atoms with Crippen molar-refractivity contribution in [1.82, 2.24) is 30.5 Å². The molecule has 22 nitrogen and oxygen atoms in total. The summed E-state index contributed by atoms with van der Waals surface area (Å²) in [4.78, 5) is 64.3. The number of carbonyl (C=O) groups is 4. The summed E-state index contributed by atoms with van der Waals surface area (Å²) in [5.41, 5.74) is 5.83. The zero-order valence-corrected chi connectivity index (χ0v) is 44.2. The number of aliphatic hydroxyl groups excluding tert-OH is 3. The molecule has 4 rings (SSSR count). The largest absolute Gasteiger partial charge is 0.479 e. The van der Waals surface area contributed by atoms with Gasteiger partial charge in [0, 0.05) is 60.1 Å². The first-order chi connectivity index (χ1) is 34.2. The Bertz CT molecular complexity index is 2380. The monoisotopic (exact) mass is 1040 g/mol. The average Bonchev–Trinajstić information content (AvgIpc) is 3.76. The number of carbonyl (C=O) groups excluding carboxylic acids is 3. The number of primary amides is 1. The summed E-state index contributed by atoms with van der Waals surface area (Å²) in [5, 5.41) is 68.0. The molecule has 6 unspecified atom stereocenters. The molecule has 1 fully saturated rings. The Morgan fingerprint density at radius 3 is 2.19 bits per heavy atom. The number of amides is 3. The Balaban J connectivity index is 1.43. The van der Waals surface area contributed by atoms with Gasteiger partial charge in [-0.15, -0.1) is 16.9 Å². The molecule has 0 bridgehead atoms. The number of aliphatic hydroxyl groups is 3. The quantitative estimate of drug-likeness (QED) is 0.0285. The molecule has 1 aliphatic heterocycles. The Morgan fingerprint density at radius 1 is 0.986 bits per heavy atom. The van der Waals surface area contributed by atoms with E-state index in [4.69, 9.17) is 24.7 Å². The molecular weight excluding hydrogens is 969 g/mol. The number of hydrogen-bond acceptors (Lipinski definition) is 17. The normalized spacial score (nSPS) is 19.2. The van der Waals surface area contributed by atoms with Gasteiger partial charge in [-0.25, -0.2) is 9.59 Å². The van der Waals surface area contributed by atoms with Gasteiger partial charge in [-0.1, -0.05) is 92.3 Å². The van der Waals surface area contributed by atoms with Crippen molar-refractivity contribution in [2.45, 2.75) is 142 Å². The van der Waals surface area contributed by atoms with Crippen molar-refractivity contribution in [3.8, 4) is 5.75 Å². The molecule has 2 aromatic carbocycles. The number of nitrogens with one attached hydrogen (secondary N) is 2. The fourth-order valence-electron chi connectivity index (χ4n) is 8.16. The minimum Gasteiger partial charge on any atom is -0.479 e. The first kappa shape index (κ1) is 59.9. The summed E-state index contributed by atoms with van der Waals surface area (Å²) >= 11 is 1.73. The number of aromatic nitrogens is 3. The molecule has 2 heterocycles. The summed E-state index contributed by atoms with van der Waals surface area (Å²) in [6.07, 6.45) is -7.95. The molecule has 1 aliphatic rings.